The third kappa shape index (κ3) is 3.28. The lowest BCUT2D eigenvalue weighted by Crippen LogP contribution is -2.33. The molecule has 3 N–H and O–H groups in total. The van der Waals surface area contributed by atoms with Gasteiger partial charge >= 0.3 is 0 Å². The Bertz CT molecular complexity index is 932. The van der Waals surface area contributed by atoms with Crippen molar-refractivity contribution in [3.8, 4) is 5.75 Å². The van der Waals surface area contributed by atoms with E-state index in [1.807, 2.05) is 30.3 Å². The molecule has 1 aromatic carbocycles. The van der Waals surface area contributed by atoms with Crippen LogP contribution in [0.1, 0.15) is 6.23 Å². The van der Waals surface area contributed by atoms with Crippen molar-refractivity contribution in [1.29, 1.82) is 0 Å². The smallest absolute Gasteiger partial charge is 0.164 e. The van der Waals surface area contributed by atoms with Gasteiger partial charge in [0, 0.05) is 11.1 Å². The van der Waals surface area contributed by atoms with Gasteiger partial charge in [-0.2, -0.15) is 0 Å². The number of hydrogen-bond acceptors (Lipinski definition) is 8. The molecule has 0 spiro atoms. The molecule has 27 heavy (non-hydrogen) atoms. The van der Waals surface area contributed by atoms with Gasteiger partial charge in [-0.05, 0) is 30.3 Å². The summed E-state index contributed by atoms with van der Waals surface area (Å²) in [4.78, 5) is 9.67. The van der Waals surface area contributed by atoms with Gasteiger partial charge in [-0.1, -0.05) is 11.8 Å². The first-order chi connectivity index (χ1) is 13.1. The Morgan fingerprint density at radius 3 is 2.59 bits per heavy atom. The first kappa shape index (κ1) is 18.2. The normalized spacial score (nSPS) is 25.2. The second-order valence-corrected chi connectivity index (χ2v) is 7.21. The van der Waals surface area contributed by atoms with E-state index in [4.69, 9.17) is 9.47 Å². The number of benzene rings is 1. The van der Waals surface area contributed by atoms with Crippen LogP contribution in [-0.2, 0) is 4.74 Å². The lowest BCUT2D eigenvalue weighted by atomic mass is 10.1. The van der Waals surface area contributed by atoms with E-state index in [-0.39, 0.29) is 6.61 Å². The summed E-state index contributed by atoms with van der Waals surface area (Å²) in [5.41, 5.74) is 0.579. The van der Waals surface area contributed by atoms with Gasteiger partial charge in [0.15, 0.2) is 6.23 Å². The van der Waals surface area contributed by atoms with Crippen LogP contribution in [0.2, 0.25) is 0 Å². The summed E-state index contributed by atoms with van der Waals surface area (Å²) < 4.78 is 12.4. The van der Waals surface area contributed by atoms with Crippen LogP contribution in [0, 0.1) is 0 Å². The molecule has 2 aromatic heterocycles. The van der Waals surface area contributed by atoms with Crippen LogP contribution < -0.4 is 4.74 Å². The van der Waals surface area contributed by atoms with E-state index in [0.717, 1.165) is 21.1 Å². The van der Waals surface area contributed by atoms with Crippen molar-refractivity contribution in [3.63, 3.8) is 0 Å². The van der Waals surface area contributed by atoms with Crippen molar-refractivity contribution in [3.05, 3.63) is 42.9 Å². The Kier molecular flexibility index (Phi) is 5.02. The molecule has 0 radical (unpaired) electrons. The summed E-state index contributed by atoms with van der Waals surface area (Å²) >= 11 is 1.49. The molecule has 1 aliphatic heterocycles. The molecule has 0 unspecified atom stereocenters. The number of aliphatic hydroxyl groups excluding tert-OH is 3. The van der Waals surface area contributed by atoms with E-state index in [1.54, 1.807) is 17.9 Å². The zero-order valence-corrected chi connectivity index (χ0v) is 15.3. The van der Waals surface area contributed by atoms with Crippen LogP contribution in [0.5, 0.6) is 5.75 Å². The predicted octanol–water partition coefficient (Wildman–Crippen LogP) is 1.20. The summed E-state index contributed by atoms with van der Waals surface area (Å²) in [5.74, 6) is 0.780. The first-order valence-corrected chi connectivity index (χ1v) is 9.20. The molecule has 1 saturated heterocycles. The summed E-state index contributed by atoms with van der Waals surface area (Å²) in [6, 6.07) is 9.49. The Morgan fingerprint density at radius 1 is 1.15 bits per heavy atom. The van der Waals surface area contributed by atoms with Gasteiger partial charge in [0.1, 0.15) is 41.1 Å². The maximum absolute atomic E-state index is 10.3. The highest BCUT2D eigenvalue weighted by Gasteiger charge is 2.43. The second-order valence-electron chi connectivity index (χ2n) is 6.15. The molecule has 9 heteroatoms. The molecule has 3 aromatic rings. The summed E-state index contributed by atoms with van der Waals surface area (Å²) in [7, 11) is 1.62. The van der Waals surface area contributed by atoms with Crippen LogP contribution in [-0.4, -0.2) is 61.9 Å². The molecular formula is C18H19N3O5S. The number of ether oxygens (including phenoxy) is 2. The Hall–Kier alpha value is -2.17. The number of fused-ring (bicyclic) bond motifs is 1. The topological polar surface area (TPSA) is 110 Å². The first-order valence-electron chi connectivity index (χ1n) is 8.38. The molecule has 3 heterocycles. The van der Waals surface area contributed by atoms with Crippen LogP contribution in [0.15, 0.2) is 52.8 Å². The fraction of sp³-hybridized carbons (Fsp3) is 0.333. The van der Waals surface area contributed by atoms with E-state index >= 15 is 0 Å². The Balaban J connectivity index is 1.65. The number of methoxy groups -OCH3 is 1. The van der Waals surface area contributed by atoms with E-state index in [9.17, 15) is 15.3 Å². The second kappa shape index (κ2) is 7.45. The summed E-state index contributed by atoms with van der Waals surface area (Å²) in [5, 5.41) is 31.1. The molecule has 0 aliphatic carbocycles. The van der Waals surface area contributed by atoms with Crippen molar-refractivity contribution < 1.29 is 24.8 Å². The van der Waals surface area contributed by atoms with Gasteiger partial charge in [-0.25, -0.2) is 9.97 Å². The Morgan fingerprint density at radius 2 is 1.93 bits per heavy atom. The highest BCUT2D eigenvalue weighted by molar-refractivity contribution is 7.99. The third-order valence-electron chi connectivity index (χ3n) is 4.54. The summed E-state index contributed by atoms with van der Waals surface area (Å²) in [6.45, 7) is -0.374. The van der Waals surface area contributed by atoms with Gasteiger partial charge < -0.3 is 29.4 Å². The fourth-order valence-corrected chi connectivity index (χ4v) is 3.96. The van der Waals surface area contributed by atoms with Gasteiger partial charge in [-0.3, -0.25) is 0 Å². The van der Waals surface area contributed by atoms with Crippen molar-refractivity contribution in [2.75, 3.05) is 13.7 Å². The Labute approximate surface area is 159 Å². The minimum absolute atomic E-state index is 0.374. The molecule has 4 atom stereocenters. The number of rotatable bonds is 5. The van der Waals surface area contributed by atoms with E-state index in [2.05, 4.69) is 9.97 Å². The maximum atomic E-state index is 10.3. The lowest BCUT2D eigenvalue weighted by molar-refractivity contribution is -0.0508. The number of nitrogens with zero attached hydrogens (tertiary/aromatic N) is 3. The molecule has 1 fully saturated rings. The van der Waals surface area contributed by atoms with Crippen LogP contribution >= 0.6 is 11.8 Å². The van der Waals surface area contributed by atoms with E-state index in [1.165, 1.54) is 18.1 Å². The van der Waals surface area contributed by atoms with Gasteiger partial charge in [0.05, 0.1) is 19.1 Å². The third-order valence-corrected chi connectivity index (χ3v) is 5.56. The molecule has 1 aliphatic rings. The van der Waals surface area contributed by atoms with Crippen LogP contribution in [0.25, 0.3) is 11.0 Å². The molecular weight excluding hydrogens is 370 g/mol. The van der Waals surface area contributed by atoms with Gasteiger partial charge in [-0.15, -0.1) is 0 Å². The zero-order chi connectivity index (χ0) is 19.0. The summed E-state index contributed by atoms with van der Waals surface area (Å²) in [6.07, 6.45) is -0.803. The number of aliphatic hydroxyl groups is 3. The molecule has 0 amide bonds. The molecule has 4 rings (SSSR count). The van der Waals surface area contributed by atoms with E-state index < -0.39 is 24.5 Å². The SMILES string of the molecule is COc1ccc(Sc2ncnc3c2ccn3[C@@H]2O[C@H](CO)[C@@H](O)[C@H]2O)cc1. The largest absolute Gasteiger partial charge is 0.497 e. The van der Waals surface area contributed by atoms with Gasteiger partial charge in [0.25, 0.3) is 0 Å². The molecule has 0 bridgehead atoms. The van der Waals surface area contributed by atoms with Crippen LogP contribution in [0.4, 0.5) is 0 Å². The highest BCUT2D eigenvalue weighted by atomic mass is 32.2. The minimum Gasteiger partial charge on any atom is -0.497 e. The van der Waals surface area contributed by atoms with Crippen molar-refractivity contribution in [2.24, 2.45) is 0 Å². The van der Waals surface area contributed by atoms with Crippen molar-refractivity contribution in [2.45, 2.75) is 34.5 Å². The van der Waals surface area contributed by atoms with Crippen molar-refractivity contribution >= 4 is 22.8 Å². The van der Waals surface area contributed by atoms with Crippen molar-refractivity contribution in [1.82, 2.24) is 14.5 Å². The predicted molar refractivity (Wildman–Crippen MR) is 97.7 cm³/mol. The molecule has 8 nitrogen and oxygen atoms in total. The lowest BCUT2D eigenvalue weighted by Gasteiger charge is -2.17. The average molecular weight is 389 g/mol. The molecule has 0 saturated carbocycles. The highest BCUT2D eigenvalue weighted by Crippen LogP contribution is 2.36. The number of hydrogen-bond donors (Lipinski definition) is 3. The fourth-order valence-electron chi connectivity index (χ4n) is 3.10. The number of aromatic nitrogens is 3. The standard InChI is InChI=1S/C18H19N3O5S/c1-25-10-2-4-11(5-3-10)27-17-12-6-7-21(16(12)19-9-20-17)18-15(24)14(23)13(8-22)26-18/h2-7,9,13-15,18,22-24H,8H2,1H3/t13-,14-,15-,18-/m1/s1. The maximum Gasteiger partial charge on any atom is 0.164 e. The average Bonchev–Trinajstić information content (AvgIpc) is 3.25. The quantitative estimate of drug-likeness (QED) is 0.559. The molecule has 142 valence electrons. The van der Waals surface area contributed by atoms with E-state index in [0.29, 0.717) is 5.65 Å². The van der Waals surface area contributed by atoms with Crippen LogP contribution in [0.3, 0.4) is 0 Å². The zero-order valence-electron chi connectivity index (χ0n) is 14.5. The minimum atomic E-state index is -1.16. The monoisotopic (exact) mass is 389 g/mol. The van der Waals surface area contributed by atoms with Gasteiger partial charge in [0.2, 0.25) is 0 Å².